The second-order valence-corrected chi connectivity index (χ2v) is 12.7. The summed E-state index contributed by atoms with van der Waals surface area (Å²) in [6.45, 7) is -0.0407. The molecule has 5 aromatic carbocycles. The zero-order valence-electron chi connectivity index (χ0n) is 27.2. The van der Waals surface area contributed by atoms with Crippen LogP contribution in [-0.2, 0) is 16.1 Å². The molecular weight excluding hydrogens is 669 g/mol. The first-order chi connectivity index (χ1) is 25.0. The van der Waals surface area contributed by atoms with Gasteiger partial charge in [-0.25, -0.2) is 4.79 Å². The Morgan fingerprint density at radius 3 is 2.14 bits per heavy atom. The van der Waals surface area contributed by atoms with Crippen LogP contribution < -0.4 is 15.4 Å². The minimum Gasteiger partial charge on any atom is -0.508 e. The standard InChI is InChI=1S/C38H34N6O6S/c45-23-25-6-8-26(9-7-25)35-22-34(24-51-38-41-42-43-44(38)30-16-18-31(46)19-17-30)49-36(50-35)27-10-12-28(13-11-27)39-37(47)40-29-14-20-33(21-15-29)48-32-4-2-1-3-5-32/h1-21,34-36,45-46H,22-24H2,(H2,39,40,47)/t34-,35+,36+/m0/s1. The van der Waals surface area contributed by atoms with Crippen molar-refractivity contribution in [3.05, 3.63) is 144 Å². The number of nitrogens with zero attached hydrogens (tertiary/aromatic N) is 4. The Kier molecular flexibility index (Phi) is 10.5. The SMILES string of the molecule is O=C(Nc1ccc(Oc2ccccc2)cc1)Nc1ccc([C@@H]2O[C@H](CSc3nnnn3-c3ccc(O)cc3)C[C@H](c3ccc(CO)cc3)O2)cc1. The van der Waals surface area contributed by atoms with E-state index in [1.54, 1.807) is 65.3 Å². The van der Waals surface area contributed by atoms with E-state index in [9.17, 15) is 15.0 Å². The molecule has 0 saturated carbocycles. The van der Waals surface area contributed by atoms with Crippen molar-refractivity contribution < 1.29 is 29.2 Å². The highest BCUT2D eigenvalue weighted by molar-refractivity contribution is 7.99. The lowest BCUT2D eigenvalue weighted by Gasteiger charge is -2.36. The number of benzene rings is 5. The van der Waals surface area contributed by atoms with Gasteiger partial charge in [-0.2, -0.15) is 4.68 Å². The Bertz CT molecular complexity index is 2030. The van der Waals surface area contributed by atoms with Gasteiger partial charge < -0.3 is 35.1 Å². The summed E-state index contributed by atoms with van der Waals surface area (Å²) in [5.41, 5.74) is 4.51. The highest BCUT2D eigenvalue weighted by Gasteiger charge is 2.32. The van der Waals surface area contributed by atoms with Crippen LogP contribution in [0.5, 0.6) is 17.2 Å². The van der Waals surface area contributed by atoms with Crippen LogP contribution in [0.25, 0.3) is 5.69 Å². The van der Waals surface area contributed by atoms with Gasteiger partial charge in [-0.15, -0.1) is 5.10 Å². The minimum absolute atomic E-state index is 0.0407. The molecule has 0 unspecified atom stereocenters. The van der Waals surface area contributed by atoms with Crippen molar-refractivity contribution >= 4 is 29.2 Å². The Morgan fingerprint density at radius 1 is 0.804 bits per heavy atom. The summed E-state index contributed by atoms with van der Waals surface area (Å²) in [4.78, 5) is 12.8. The maximum atomic E-state index is 12.8. The average molecular weight is 703 g/mol. The van der Waals surface area contributed by atoms with Gasteiger partial charge >= 0.3 is 6.03 Å². The zero-order valence-corrected chi connectivity index (χ0v) is 28.0. The molecule has 7 rings (SSSR count). The highest BCUT2D eigenvalue weighted by Crippen LogP contribution is 2.39. The van der Waals surface area contributed by atoms with Crippen molar-refractivity contribution in [3.8, 4) is 22.9 Å². The molecule has 51 heavy (non-hydrogen) atoms. The molecule has 2 amide bonds. The number of para-hydroxylation sites is 1. The van der Waals surface area contributed by atoms with Gasteiger partial charge in [0.1, 0.15) is 17.2 Å². The number of ether oxygens (including phenoxy) is 3. The number of carbonyl (C=O) groups excluding carboxylic acids is 1. The number of urea groups is 1. The maximum absolute atomic E-state index is 12.8. The number of anilines is 2. The normalized spacial score (nSPS) is 17.1. The molecule has 1 saturated heterocycles. The minimum atomic E-state index is -0.681. The molecule has 1 fully saturated rings. The largest absolute Gasteiger partial charge is 0.508 e. The number of phenolic OH excluding ortho intramolecular Hbond substituents is 1. The number of rotatable bonds is 11. The Hall–Kier alpha value is -5.73. The number of hydrogen-bond donors (Lipinski definition) is 4. The van der Waals surface area contributed by atoms with Crippen LogP contribution in [0.1, 0.15) is 35.5 Å². The summed E-state index contributed by atoms with van der Waals surface area (Å²) < 4.78 is 20.4. The van der Waals surface area contributed by atoms with Crippen molar-refractivity contribution in [2.24, 2.45) is 0 Å². The molecule has 1 aliphatic heterocycles. The quantitative estimate of drug-likeness (QED) is 0.0992. The van der Waals surface area contributed by atoms with E-state index in [4.69, 9.17) is 14.2 Å². The Balaban J connectivity index is 1.00. The zero-order chi connectivity index (χ0) is 35.0. The van der Waals surface area contributed by atoms with E-state index in [-0.39, 0.29) is 30.6 Å². The van der Waals surface area contributed by atoms with E-state index >= 15 is 0 Å². The lowest BCUT2D eigenvalue weighted by atomic mass is 10.0. The fourth-order valence-electron chi connectivity index (χ4n) is 5.46. The topological polar surface area (TPSA) is 153 Å². The molecule has 3 atom stereocenters. The molecule has 258 valence electrons. The van der Waals surface area contributed by atoms with E-state index < -0.39 is 6.29 Å². The molecule has 2 heterocycles. The predicted molar refractivity (Wildman–Crippen MR) is 192 cm³/mol. The molecule has 0 spiro atoms. The van der Waals surface area contributed by atoms with E-state index in [1.807, 2.05) is 66.7 Å². The van der Waals surface area contributed by atoms with Crippen molar-refractivity contribution in [3.63, 3.8) is 0 Å². The van der Waals surface area contributed by atoms with Gasteiger partial charge in [0, 0.05) is 29.1 Å². The van der Waals surface area contributed by atoms with Gasteiger partial charge in [-0.3, -0.25) is 0 Å². The summed E-state index contributed by atoms with van der Waals surface area (Å²) >= 11 is 1.46. The fourth-order valence-corrected chi connectivity index (χ4v) is 6.37. The number of aliphatic hydroxyl groups excluding tert-OH is 1. The summed E-state index contributed by atoms with van der Waals surface area (Å²) in [5, 5.41) is 37.7. The second-order valence-electron chi connectivity index (χ2n) is 11.7. The number of aromatic hydroxyl groups is 1. The molecular formula is C38H34N6O6S. The molecule has 0 aliphatic carbocycles. The molecule has 1 aromatic heterocycles. The number of nitrogens with one attached hydrogen (secondary N) is 2. The molecule has 12 nitrogen and oxygen atoms in total. The van der Waals surface area contributed by atoms with Crippen LogP contribution in [-0.4, -0.2) is 48.3 Å². The van der Waals surface area contributed by atoms with Crippen LogP contribution in [0.2, 0.25) is 0 Å². The van der Waals surface area contributed by atoms with Crippen LogP contribution in [0.15, 0.2) is 133 Å². The molecule has 0 bridgehead atoms. The summed E-state index contributed by atoms with van der Waals surface area (Å²) in [6, 6.07) is 37.9. The lowest BCUT2D eigenvalue weighted by Crippen LogP contribution is -2.31. The number of thioether (sulfide) groups is 1. The Morgan fingerprint density at radius 2 is 1.45 bits per heavy atom. The summed E-state index contributed by atoms with van der Waals surface area (Å²) in [6.07, 6.45) is -0.598. The summed E-state index contributed by atoms with van der Waals surface area (Å²) in [7, 11) is 0. The third kappa shape index (κ3) is 8.71. The molecule has 4 N–H and O–H groups in total. The van der Waals surface area contributed by atoms with E-state index in [1.165, 1.54) is 11.8 Å². The number of amides is 2. The van der Waals surface area contributed by atoms with E-state index in [0.717, 1.165) is 28.1 Å². The molecule has 0 radical (unpaired) electrons. The van der Waals surface area contributed by atoms with Crippen LogP contribution in [0.4, 0.5) is 16.2 Å². The smallest absolute Gasteiger partial charge is 0.323 e. The third-order valence-corrected chi connectivity index (χ3v) is 9.13. The first kappa shape index (κ1) is 33.8. The number of aliphatic hydroxyl groups is 1. The fraction of sp³-hybridized carbons (Fsp3) is 0.158. The molecule has 13 heteroatoms. The van der Waals surface area contributed by atoms with Crippen molar-refractivity contribution in [2.75, 3.05) is 16.4 Å². The van der Waals surface area contributed by atoms with Crippen molar-refractivity contribution in [1.29, 1.82) is 0 Å². The van der Waals surface area contributed by atoms with Gasteiger partial charge in [0.15, 0.2) is 6.29 Å². The van der Waals surface area contributed by atoms with Gasteiger partial charge in [0.05, 0.1) is 24.5 Å². The summed E-state index contributed by atoms with van der Waals surface area (Å²) in [5.74, 6) is 2.09. The first-order valence-electron chi connectivity index (χ1n) is 16.2. The van der Waals surface area contributed by atoms with Crippen molar-refractivity contribution in [1.82, 2.24) is 20.2 Å². The third-order valence-electron chi connectivity index (χ3n) is 8.08. The number of phenols is 1. The highest BCUT2D eigenvalue weighted by atomic mass is 32.2. The second kappa shape index (κ2) is 15.9. The van der Waals surface area contributed by atoms with Crippen molar-refractivity contribution in [2.45, 2.75) is 36.7 Å². The lowest BCUT2D eigenvalue weighted by molar-refractivity contribution is -0.245. The predicted octanol–water partition coefficient (Wildman–Crippen LogP) is 7.63. The Labute approximate surface area is 298 Å². The maximum Gasteiger partial charge on any atom is 0.323 e. The first-order valence-corrected chi connectivity index (χ1v) is 17.2. The van der Waals surface area contributed by atoms with Crippen LogP contribution in [0, 0.1) is 0 Å². The molecule has 1 aliphatic rings. The van der Waals surface area contributed by atoms with Crippen LogP contribution in [0.3, 0.4) is 0 Å². The van der Waals surface area contributed by atoms with E-state index in [0.29, 0.717) is 34.5 Å². The number of hydrogen-bond acceptors (Lipinski definition) is 10. The van der Waals surface area contributed by atoms with Gasteiger partial charge in [-0.1, -0.05) is 66.4 Å². The van der Waals surface area contributed by atoms with Crippen LogP contribution >= 0.6 is 11.8 Å². The van der Waals surface area contributed by atoms with Gasteiger partial charge in [0.2, 0.25) is 5.16 Å². The van der Waals surface area contributed by atoms with Gasteiger partial charge in [-0.05, 0) is 94.4 Å². The van der Waals surface area contributed by atoms with E-state index in [2.05, 4.69) is 26.2 Å². The number of aromatic nitrogens is 4. The van der Waals surface area contributed by atoms with Gasteiger partial charge in [0.25, 0.3) is 0 Å². The number of tetrazole rings is 1. The number of carbonyl (C=O) groups is 1. The molecule has 6 aromatic rings. The average Bonchev–Trinajstić information content (AvgIpc) is 3.64. The monoisotopic (exact) mass is 702 g/mol.